The van der Waals surface area contributed by atoms with Gasteiger partial charge in [-0.15, -0.1) is 0 Å². The number of aryl methyl sites for hydroxylation is 1. The highest BCUT2D eigenvalue weighted by Gasteiger charge is 2.21. The summed E-state index contributed by atoms with van der Waals surface area (Å²) in [6.45, 7) is 0.532. The molecule has 9 heteroatoms. The van der Waals surface area contributed by atoms with E-state index >= 15 is 0 Å². The van der Waals surface area contributed by atoms with E-state index in [9.17, 15) is 13.6 Å². The predicted molar refractivity (Wildman–Crippen MR) is 101 cm³/mol. The van der Waals surface area contributed by atoms with Gasteiger partial charge in [-0.05, 0) is 41.4 Å². The molecule has 0 N–H and O–H groups in total. The highest BCUT2D eigenvalue weighted by atomic mass is 79.9. The molecule has 0 aliphatic carbocycles. The fourth-order valence-electron chi connectivity index (χ4n) is 2.39. The zero-order valence-electron chi connectivity index (χ0n) is 16.1. The number of aromatic nitrogens is 3. The van der Waals surface area contributed by atoms with Crippen molar-refractivity contribution in [1.29, 1.82) is 0 Å². The predicted octanol–water partition coefficient (Wildman–Crippen LogP) is 4.52. The van der Waals surface area contributed by atoms with E-state index in [1.54, 1.807) is 26.1 Å². The Labute approximate surface area is 169 Å². The van der Waals surface area contributed by atoms with Gasteiger partial charge in [0.05, 0.1) is 19.1 Å². The van der Waals surface area contributed by atoms with Gasteiger partial charge in [0, 0.05) is 24.2 Å². The van der Waals surface area contributed by atoms with Gasteiger partial charge < -0.3 is 4.74 Å². The summed E-state index contributed by atoms with van der Waals surface area (Å²) in [4.78, 5) is 20.3. The second kappa shape index (κ2) is 7.74. The SMILES string of the molecule is [2H]C([2H])(Oc1c(Br)c(C)n(-c2ccncc2C)c(=O)c1Cl)c1ncc(F)cc1F. The van der Waals surface area contributed by atoms with Crippen molar-refractivity contribution in [2.45, 2.75) is 20.4 Å². The molecule has 140 valence electrons. The Balaban J connectivity index is 2.15. The number of nitrogens with zero attached hydrogens (tertiary/aromatic N) is 3. The van der Waals surface area contributed by atoms with Crippen molar-refractivity contribution in [3.63, 3.8) is 0 Å². The van der Waals surface area contributed by atoms with Crippen molar-refractivity contribution in [3.05, 3.63) is 79.2 Å². The molecular formula is C18H13BrClF2N3O2. The first-order valence-corrected chi connectivity index (χ1v) is 8.73. The van der Waals surface area contributed by atoms with Crippen LogP contribution in [-0.2, 0) is 6.56 Å². The van der Waals surface area contributed by atoms with E-state index in [-0.39, 0.29) is 10.2 Å². The summed E-state index contributed by atoms with van der Waals surface area (Å²) in [6, 6.07) is 2.11. The quantitative estimate of drug-likeness (QED) is 0.577. The largest absolute Gasteiger partial charge is 0.484 e. The molecule has 3 heterocycles. The minimum Gasteiger partial charge on any atom is -0.484 e. The fourth-order valence-corrected chi connectivity index (χ4v) is 3.18. The lowest BCUT2D eigenvalue weighted by Crippen LogP contribution is -2.23. The Bertz CT molecular complexity index is 1170. The second-order valence-electron chi connectivity index (χ2n) is 5.53. The highest BCUT2D eigenvalue weighted by Crippen LogP contribution is 2.35. The summed E-state index contributed by atoms with van der Waals surface area (Å²) < 4.78 is 49.9. The Morgan fingerprint density at radius 3 is 2.78 bits per heavy atom. The minimum absolute atomic E-state index is 0.185. The molecule has 3 aromatic heterocycles. The molecule has 3 rings (SSSR count). The standard InChI is InChI=1S/C18H13BrClF2N3O2/c1-9-6-23-4-3-14(9)25-10(2)15(19)17(16(20)18(25)26)27-8-13-12(22)5-11(21)7-24-13/h3-7H,8H2,1-2H3/i8D2. The first-order valence-electron chi connectivity index (χ1n) is 8.56. The van der Waals surface area contributed by atoms with Crippen LogP contribution in [0.4, 0.5) is 8.78 Å². The van der Waals surface area contributed by atoms with Crippen LogP contribution in [0.25, 0.3) is 5.69 Å². The Kier molecular flexibility index (Phi) is 4.82. The van der Waals surface area contributed by atoms with E-state index in [0.717, 1.165) is 0 Å². The van der Waals surface area contributed by atoms with Crippen LogP contribution < -0.4 is 10.3 Å². The van der Waals surface area contributed by atoms with Gasteiger partial charge in [-0.1, -0.05) is 11.6 Å². The van der Waals surface area contributed by atoms with Gasteiger partial charge in [-0.25, -0.2) is 8.78 Å². The van der Waals surface area contributed by atoms with Gasteiger partial charge in [-0.3, -0.25) is 19.3 Å². The maximum atomic E-state index is 14.0. The van der Waals surface area contributed by atoms with Crippen molar-refractivity contribution in [2.24, 2.45) is 0 Å². The Hall–Kier alpha value is -2.32. The smallest absolute Gasteiger partial charge is 0.277 e. The molecule has 0 aromatic carbocycles. The second-order valence-corrected chi connectivity index (χ2v) is 6.70. The van der Waals surface area contributed by atoms with Crippen molar-refractivity contribution in [3.8, 4) is 11.4 Å². The van der Waals surface area contributed by atoms with Crippen LogP contribution >= 0.6 is 27.5 Å². The maximum Gasteiger partial charge on any atom is 0.277 e. The van der Waals surface area contributed by atoms with Gasteiger partial charge in [-0.2, -0.15) is 0 Å². The van der Waals surface area contributed by atoms with Crippen LogP contribution in [0.2, 0.25) is 5.02 Å². The van der Waals surface area contributed by atoms with Crippen molar-refractivity contribution >= 4 is 27.5 Å². The molecule has 0 aliphatic rings. The minimum atomic E-state index is -2.83. The summed E-state index contributed by atoms with van der Waals surface area (Å²) in [5.41, 5.74) is 0.161. The zero-order chi connectivity index (χ0) is 21.5. The molecule has 0 unspecified atom stereocenters. The molecule has 0 aliphatic heterocycles. The number of ether oxygens (including phenoxy) is 1. The monoisotopic (exact) mass is 457 g/mol. The van der Waals surface area contributed by atoms with Crippen LogP contribution in [-0.4, -0.2) is 14.5 Å². The van der Waals surface area contributed by atoms with Crippen LogP contribution in [0.3, 0.4) is 0 Å². The average molecular weight is 459 g/mol. The molecule has 0 bridgehead atoms. The first kappa shape index (κ1) is 16.8. The summed E-state index contributed by atoms with van der Waals surface area (Å²) in [6.07, 6.45) is 3.75. The number of halogens is 4. The number of hydrogen-bond donors (Lipinski definition) is 0. The maximum absolute atomic E-state index is 14.0. The molecule has 3 aromatic rings. The zero-order valence-corrected chi connectivity index (χ0v) is 16.4. The molecular weight excluding hydrogens is 444 g/mol. The molecule has 0 fully saturated rings. The van der Waals surface area contributed by atoms with Crippen molar-refractivity contribution < 1.29 is 16.3 Å². The molecule has 27 heavy (non-hydrogen) atoms. The molecule has 0 saturated carbocycles. The van der Waals surface area contributed by atoms with Gasteiger partial charge in [0.25, 0.3) is 5.56 Å². The van der Waals surface area contributed by atoms with E-state index in [1.807, 2.05) is 0 Å². The van der Waals surface area contributed by atoms with Gasteiger partial charge >= 0.3 is 0 Å². The van der Waals surface area contributed by atoms with Crippen molar-refractivity contribution in [2.75, 3.05) is 0 Å². The topological polar surface area (TPSA) is 57.0 Å². The van der Waals surface area contributed by atoms with Gasteiger partial charge in [0.2, 0.25) is 0 Å². The van der Waals surface area contributed by atoms with E-state index in [2.05, 4.69) is 25.9 Å². The summed E-state index contributed by atoms with van der Waals surface area (Å²) in [7, 11) is 0. The Morgan fingerprint density at radius 2 is 2.11 bits per heavy atom. The molecule has 0 atom stereocenters. The van der Waals surface area contributed by atoms with Crippen LogP contribution in [0, 0.1) is 25.5 Å². The van der Waals surface area contributed by atoms with Crippen LogP contribution in [0.5, 0.6) is 5.75 Å². The lowest BCUT2D eigenvalue weighted by atomic mass is 10.2. The third-order valence-corrected chi connectivity index (χ3v) is 5.00. The van der Waals surface area contributed by atoms with Gasteiger partial charge in [0.15, 0.2) is 11.6 Å². The fraction of sp³-hybridized carbons (Fsp3) is 0.167. The van der Waals surface area contributed by atoms with Crippen LogP contribution in [0.1, 0.15) is 19.7 Å². The molecule has 5 nitrogen and oxygen atoms in total. The van der Waals surface area contributed by atoms with Crippen molar-refractivity contribution in [1.82, 2.24) is 14.5 Å². The van der Waals surface area contributed by atoms with Crippen LogP contribution in [0.15, 0.2) is 40.0 Å². The number of rotatable bonds is 4. The average Bonchev–Trinajstić information content (AvgIpc) is 2.65. The molecule has 0 spiro atoms. The third-order valence-electron chi connectivity index (χ3n) is 3.73. The number of hydrogen-bond acceptors (Lipinski definition) is 4. The normalized spacial score (nSPS) is 12.5. The van der Waals surface area contributed by atoms with E-state index in [1.165, 1.54) is 10.8 Å². The first-order chi connectivity index (χ1) is 13.5. The highest BCUT2D eigenvalue weighted by molar-refractivity contribution is 9.10. The third kappa shape index (κ3) is 3.72. The lowest BCUT2D eigenvalue weighted by molar-refractivity contribution is 0.290. The van der Waals surface area contributed by atoms with E-state index in [0.29, 0.717) is 29.2 Å². The van der Waals surface area contributed by atoms with E-state index in [4.69, 9.17) is 19.1 Å². The van der Waals surface area contributed by atoms with E-state index < -0.39 is 34.5 Å². The molecule has 0 radical (unpaired) electrons. The van der Waals surface area contributed by atoms with Gasteiger partial charge in [0.1, 0.15) is 23.1 Å². The lowest BCUT2D eigenvalue weighted by Gasteiger charge is -2.18. The number of pyridine rings is 3. The molecule has 0 saturated heterocycles. The summed E-state index contributed by atoms with van der Waals surface area (Å²) in [5.74, 6) is -2.53. The Morgan fingerprint density at radius 1 is 1.37 bits per heavy atom. The summed E-state index contributed by atoms with van der Waals surface area (Å²) in [5, 5.41) is -0.426. The molecule has 0 amide bonds. The summed E-state index contributed by atoms with van der Waals surface area (Å²) >= 11 is 9.46.